The highest BCUT2D eigenvalue weighted by Crippen LogP contribution is 2.29. The summed E-state index contributed by atoms with van der Waals surface area (Å²) in [6.45, 7) is 4.09. The molecule has 144 valence electrons. The lowest BCUT2D eigenvalue weighted by Crippen LogP contribution is -2.34. The predicted molar refractivity (Wildman–Crippen MR) is 113 cm³/mol. The van der Waals surface area contributed by atoms with Crippen LogP contribution in [0.2, 0.25) is 0 Å². The smallest absolute Gasteiger partial charge is 0.222 e. The third-order valence-electron chi connectivity index (χ3n) is 5.32. The first-order valence-electron chi connectivity index (χ1n) is 9.93. The molecular weight excluding hydrogens is 348 g/mol. The lowest BCUT2D eigenvalue weighted by Gasteiger charge is -2.26. The maximum absolute atomic E-state index is 12.5. The first-order valence-corrected chi connectivity index (χ1v) is 9.93. The fraction of sp³-hybridized carbons (Fsp3) is 0.292. The highest BCUT2D eigenvalue weighted by molar-refractivity contribution is 5.93. The molecule has 4 nitrogen and oxygen atoms in total. The van der Waals surface area contributed by atoms with E-state index in [2.05, 4.69) is 42.4 Å². The van der Waals surface area contributed by atoms with Crippen molar-refractivity contribution in [2.75, 3.05) is 19.7 Å². The van der Waals surface area contributed by atoms with Gasteiger partial charge in [-0.2, -0.15) is 0 Å². The van der Waals surface area contributed by atoms with Gasteiger partial charge in [-0.1, -0.05) is 42.0 Å². The van der Waals surface area contributed by atoms with E-state index in [0.717, 1.165) is 30.7 Å². The number of ether oxygens (including phenoxy) is 1. The number of carbonyl (C=O) groups is 1. The Morgan fingerprint density at radius 1 is 1.14 bits per heavy atom. The molecule has 1 aliphatic rings. The molecule has 2 heterocycles. The summed E-state index contributed by atoms with van der Waals surface area (Å²) in [5.41, 5.74) is 4.96. The lowest BCUT2D eigenvalue weighted by atomic mass is 9.99. The number of hydrogen-bond acceptors (Lipinski definition) is 2. The van der Waals surface area contributed by atoms with Crippen LogP contribution >= 0.6 is 0 Å². The van der Waals surface area contributed by atoms with Gasteiger partial charge in [0.1, 0.15) is 5.75 Å². The van der Waals surface area contributed by atoms with Crippen molar-refractivity contribution in [2.45, 2.75) is 26.2 Å². The van der Waals surface area contributed by atoms with Crippen LogP contribution in [0.25, 0.3) is 16.5 Å². The van der Waals surface area contributed by atoms with Gasteiger partial charge in [-0.15, -0.1) is 0 Å². The number of carbonyl (C=O) groups excluding carboxylic acids is 1. The Labute approximate surface area is 165 Å². The molecule has 2 aromatic carbocycles. The average Bonchev–Trinajstić information content (AvgIpc) is 3.17. The monoisotopic (exact) mass is 374 g/mol. The molecule has 3 aromatic rings. The lowest BCUT2D eigenvalue weighted by molar-refractivity contribution is -0.131. The van der Waals surface area contributed by atoms with Gasteiger partial charge in [-0.05, 0) is 43.5 Å². The van der Waals surface area contributed by atoms with E-state index in [0.29, 0.717) is 19.6 Å². The number of nitrogens with one attached hydrogen (secondary N) is 1. The van der Waals surface area contributed by atoms with E-state index < -0.39 is 0 Å². The van der Waals surface area contributed by atoms with Crippen molar-refractivity contribution in [3.8, 4) is 5.75 Å². The van der Waals surface area contributed by atoms with Crippen LogP contribution in [-0.2, 0) is 4.79 Å². The third-order valence-corrected chi connectivity index (χ3v) is 5.32. The van der Waals surface area contributed by atoms with Crippen LogP contribution < -0.4 is 4.74 Å². The topological polar surface area (TPSA) is 45.3 Å². The number of benzene rings is 2. The first kappa shape index (κ1) is 18.4. The van der Waals surface area contributed by atoms with Gasteiger partial charge in [0.25, 0.3) is 0 Å². The van der Waals surface area contributed by atoms with Gasteiger partial charge in [0, 0.05) is 42.2 Å². The van der Waals surface area contributed by atoms with E-state index in [4.69, 9.17) is 4.74 Å². The highest BCUT2D eigenvalue weighted by atomic mass is 16.5. The SMILES string of the molecule is Cc1ccc(OCCCC(=O)N2CC=C(c3c[nH]c4ccccc34)CC2)cc1. The fourth-order valence-corrected chi connectivity index (χ4v) is 3.68. The standard InChI is InChI=1S/C24H26N2O2/c1-18-8-10-20(11-9-18)28-16-4-7-24(27)26-14-12-19(13-15-26)22-17-25-23-6-3-2-5-21(22)23/h2-3,5-6,8-12,17,25H,4,7,13-16H2,1H3. The molecule has 4 heteroatoms. The van der Waals surface area contributed by atoms with Gasteiger partial charge in [0.2, 0.25) is 5.91 Å². The number of fused-ring (bicyclic) bond motifs is 1. The Balaban J connectivity index is 1.27. The Morgan fingerprint density at radius 2 is 1.96 bits per heavy atom. The molecule has 1 aliphatic heterocycles. The summed E-state index contributed by atoms with van der Waals surface area (Å²) in [7, 11) is 0. The maximum atomic E-state index is 12.5. The summed E-state index contributed by atoms with van der Waals surface area (Å²) in [6, 6.07) is 16.4. The fourth-order valence-electron chi connectivity index (χ4n) is 3.68. The number of rotatable bonds is 6. The van der Waals surface area contributed by atoms with E-state index in [1.165, 1.54) is 22.1 Å². The molecule has 0 fully saturated rings. The Bertz CT molecular complexity index is 985. The number of aryl methyl sites for hydroxylation is 1. The van der Waals surface area contributed by atoms with Crippen LogP contribution in [0.5, 0.6) is 5.75 Å². The molecule has 0 atom stereocenters. The number of nitrogens with zero attached hydrogens (tertiary/aromatic N) is 1. The molecule has 1 N–H and O–H groups in total. The summed E-state index contributed by atoms with van der Waals surface area (Å²) in [5, 5.41) is 1.25. The quantitative estimate of drug-likeness (QED) is 0.621. The molecule has 0 radical (unpaired) electrons. The Kier molecular flexibility index (Phi) is 5.47. The van der Waals surface area contributed by atoms with Gasteiger partial charge in [-0.3, -0.25) is 4.79 Å². The number of H-pyrrole nitrogens is 1. The zero-order valence-corrected chi connectivity index (χ0v) is 16.3. The number of aromatic nitrogens is 1. The molecule has 0 saturated heterocycles. The third kappa shape index (κ3) is 4.11. The molecule has 1 amide bonds. The molecule has 0 unspecified atom stereocenters. The zero-order chi connectivity index (χ0) is 19.3. The Hall–Kier alpha value is -3.01. The first-order chi connectivity index (χ1) is 13.7. The van der Waals surface area contributed by atoms with E-state index in [1.54, 1.807) is 0 Å². The van der Waals surface area contributed by atoms with Crippen LogP contribution in [0.4, 0.5) is 0 Å². The van der Waals surface area contributed by atoms with Gasteiger partial charge in [0.15, 0.2) is 0 Å². The van der Waals surface area contributed by atoms with Crippen molar-refractivity contribution in [3.05, 3.63) is 71.9 Å². The van der Waals surface area contributed by atoms with Gasteiger partial charge >= 0.3 is 0 Å². The maximum Gasteiger partial charge on any atom is 0.222 e. The molecule has 0 aliphatic carbocycles. The van der Waals surface area contributed by atoms with Crippen LogP contribution in [0.3, 0.4) is 0 Å². The van der Waals surface area contributed by atoms with Crippen molar-refractivity contribution < 1.29 is 9.53 Å². The average molecular weight is 374 g/mol. The zero-order valence-electron chi connectivity index (χ0n) is 16.3. The number of aromatic amines is 1. The van der Waals surface area contributed by atoms with Crippen molar-refractivity contribution in [1.82, 2.24) is 9.88 Å². The molecule has 28 heavy (non-hydrogen) atoms. The number of para-hydroxylation sites is 1. The van der Waals surface area contributed by atoms with Crippen LogP contribution in [0.1, 0.15) is 30.4 Å². The Morgan fingerprint density at radius 3 is 2.75 bits per heavy atom. The van der Waals surface area contributed by atoms with Gasteiger partial charge < -0.3 is 14.6 Å². The van der Waals surface area contributed by atoms with E-state index in [-0.39, 0.29) is 5.91 Å². The van der Waals surface area contributed by atoms with Crippen molar-refractivity contribution in [3.63, 3.8) is 0 Å². The van der Waals surface area contributed by atoms with Crippen molar-refractivity contribution in [1.29, 1.82) is 0 Å². The van der Waals surface area contributed by atoms with Crippen LogP contribution in [0, 0.1) is 6.92 Å². The second-order valence-corrected chi connectivity index (χ2v) is 7.33. The second-order valence-electron chi connectivity index (χ2n) is 7.33. The van der Waals surface area contributed by atoms with Crippen LogP contribution in [0.15, 0.2) is 60.8 Å². The predicted octanol–water partition coefficient (Wildman–Crippen LogP) is 4.95. The largest absolute Gasteiger partial charge is 0.494 e. The minimum Gasteiger partial charge on any atom is -0.494 e. The van der Waals surface area contributed by atoms with Crippen molar-refractivity contribution in [2.24, 2.45) is 0 Å². The number of hydrogen-bond donors (Lipinski definition) is 1. The summed E-state index contributed by atoms with van der Waals surface area (Å²) in [5.74, 6) is 1.07. The number of amides is 1. The second kappa shape index (κ2) is 8.34. The van der Waals surface area contributed by atoms with Crippen molar-refractivity contribution >= 4 is 22.4 Å². The van der Waals surface area contributed by atoms with Crippen LogP contribution in [-0.4, -0.2) is 35.5 Å². The van der Waals surface area contributed by atoms with E-state index >= 15 is 0 Å². The van der Waals surface area contributed by atoms with Gasteiger partial charge in [-0.25, -0.2) is 0 Å². The molecule has 0 bridgehead atoms. The molecule has 0 saturated carbocycles. The summed E-state index contributed by atoms with van der Waals surface area (Å²) >= 11 is 0. The summed E-state index contributed by atoms with van der Waals surface area (Å²) in [4.78, 5) is 17.8. The van der Waals surface area contributed by atoms with Gasteiger partial charge in [0.05, 0.1) is 6.61 Å². The highest BCUT2D eigenvalue weighted by Gasteiger charge is 2.19. The van der Waals surface area contributed by atoms with E-state index in [9.17, 15) is 4.79 Å². The van der Waals surface area contributed by atoms with E-state index in [1.807, 2.05) is 35.2 Å². The summed E-state index contributed by atoms with van der Waals surface area (Å²) < 4.78 is 5.72. The minimum absolute atomic E-state index is 0.210. The minimum atomic E-state index is 0.210. The molecule has 1 aromatic heterocycles. The molecule has 4 rings (SSSR count). The normalized spacial score (nSPS) is 14.2. The molecular formula is C24H26N2O2. The summed E-state index contributed by atoms with van der Waals surface area (Å²) in [6.07, 6.45) is 6.44. The molecule has 0 spiro atoms.